The van der Waals surface area contributed by atoms with Crippen LogP contribution < -0.4 is 0 Å². The van der Waals surface area contributed by atoms with E-state index in [0.29, 0.717) is 17.6 Å². The van der Waals surface area contributed by atoms with Crippen LogP contribution in [0.2, 0.25) is 0 Å². The third-order valence-corrected chi connectivity index (χ3v) is 5.99. The maximum Gasteiger partial charge on any atom is 0.307 e. The summed E-state index contributed by atoms with van der Waals surface area (Å²) in [5.74, 6) is -0.601. The molecule has 0 radical (unpaired) electrons. The third-order valence-electron chi connectivity index (χ3n) is 5.38. The number of carbonyl (C=O) groups excluding carboxylic acids is 1. The van der Waals surface area contributed by atoms with Gasteiger partial charge in [0.15, 0.2) is 0 Å². The normalized spacial score (nSPS) is 13.1. The van der Waals surface area contributed by atoms with E-state index < -0.39 is 0 Å². The smallest absolute Gasteiger partial charge is 0.307 e. The van der Waals surface area contributed by atoms with Gasteiger partial charge in [-0.3, -0.25) is 9.69 Å². The molecule has 3 aromatic carbocycles. The third kappa shape index (κ3) is 6.25. The summed E-state index contributed by atoms with van der Waals surface area (Å²) in [6.45, 7) is 4.90. The fraction of sp³-hybridized carbons (Fsp3) is 0.269. The van der Waals surface area contributed by atoms with Crippen LogP contribution in [0, 0.1) is 5.82 Å². The number of halogens is 2. The highest BCUT2D eigenvalue weighted by Gasteiger charge is 2.29. The molecule has 0 amide bonds. The first-order valence-electron chi connectivity index (χ1n) is 10.4. The monoisotopic (exact) mass is 483 g/mol. The molecule has 0 fully saturated rings. The van der Waals surface area contributed by atoms with Crippen molar-refractivity contribution in [1.29, 1.82) is 0 Å². The molecule has 2 atom stereocenters. The van der Waals surface area contributed by atoms with Crippen LogP contribution in [-0.4, -0.2) is 17.5 Å². The predicted molar refractivity (Wildman–Crippen MR) is 125 cm³/mol. The van der Waals surface area contributed by atoms with E-state index in [4.69, 9.17) is 4.74 Å². The van der Waals surface area contributed by atoms with Gasteiger partial charge in [0.05, 0.1) is 17.5 Å². The van der Waals surface area contributed by atoms with Gasteiger partial charge in [0.2, 0.25) is 0 Å². The lowest BCUT2D eigenvalue weighted by atomic mass is 9.96. The van der Waals surface area contributed by atoms with Gasteiger partial charge >= 0.3 is 5.97 Å². The van der Waals surface area contributed by atoms with Crippen LogP contribution in [0.1, 0.15) is 49.0 Å². The number of hydrogen-bond acceptors (Lipinski definition) is 3. The molecule has 0 bridgehead atoms. The van der Waals surface area contributed by atoms with Gasteiger partial charge in [-0.05, 0) is 58.6 Å². The highest BCUT2D eigenvalue weighted by Crippen LogP contribution is 2.36. The summed E-state index contributed by atoms with van der Waals surface area (Å²) in [6, 6.07) is 25.0. The zero-order valence-electron chi connectivity index (χ0n) is 17.8. The number of nitrogens with zero attached hydrogens (tertiary/aromatic N) is 1. The summed E-state index contributed by atoms with van der Waals surface area (Å²) < 4.78 is 19.6. The molecule has 0 saturated carbocycles. The van der Waals surface area contributed by atoms with E-state index in [2.05, 4.69) is 52.0 Å². The molecule has 0 aliphatic heterocycles. The predicted octanol–water partition coefficient (Wildman–Crippen LogP) is 6.85. The second kappa shape index (κ2) is 11.2. The summed E-state index contributed by atoms with van der Waals surface area (Å²) >= 11 is 3.30. The van der Waals surface area contributed by atoms with Gasteiger partial charge in [-0.15, -0.1) is 0 Å². The van der Waals surface area contributed by atoms with Crippen molar-refractivity contribution in [1.82, 2.24) is 4.90 Å². The second-order valence-electron chi connectivity index (χ2n) is 7.44. The highest BCUT2D eigenvalue weighted by molar-refractivity contribution is 9.10. The van der Waals surface area contributed by atoms with Crippen LogP contribution in [0.15, 0.2) is 83.3 Å². The Balaban J connectivity index is 2.05. The zero-order valence-corrected chi connectivity index (χ0v) is 19.4. The molecule has 3 nitrogen and oxygen atoms in total. The van der Waals surface area contributed by atoms with Crippen LogP contribution >= 0.6 is 15.9 Å². The van der Waals surface area contributed by atoms with E-state index in [9.17, 15) is 9.18 Å². The summed E-state index contributed by atoms with van der Waals surface area (Å²) in [7, 11) is 0. The maximum absolute atomic E-state index is 14.0. The number of esters is 1. The van der Waals surface area contributed by atoms with E-state index in [-0.39, 0.29) is 30.3 Å². The Kier molecular flexibility index (Phi) is 8.38. The van der Waals surface area contributed by atoms with Crippen molar-refractivity contribution in [3.05, 3.63) is 106 Å². The van der Waals surface area contributed by atoms with Crippen molar-refractivity contribution in [2.75, 3.05) is 6.61 Å². The molecule has 3 aromatic rings. The van der Waals surface area contributed by atoms with Gasteiger partial charge in [0, 0.05) is 18.6 Å². The second-order valence-corrected chi connectivity index (χ2v) is 8.30. The molecular formula is C26H27BrFNO2. The van der Waals surface area contributed by atoms with E-state index in [1.54, 1.807) is 19.1 Å². The molecule has 0 saturated heterocycles. The Morgan fingerprint density at radius 2 is 1.65 bits per heavy atom. The molecule has 0 spiro atoms. The Labute approximate surface area is 192 Å². The lowest BCUT2D eigenvalue weighted by molar-refractivity contribution is -0.145. The quantitative estimate of drug-likeness (QED) is 0.311. The number of hydrogen-bond donors (Lipinski definition) is 0. The molecule has 3 rings (SSSR count). The van der Waals surface area contributed by atoms with Crippen LogP contribution in [0.4, 0.5) is 4.39 Å². The summed E-state index contributed by atoms with van der Waals surface area (Å²) in [4.78, 5) is 14.8. The molecule has 0 aromatic heterocycles. The first-order chi connectivity index (χ1) is 15.0. The zero-order chi connectivity index (χ0) is 22.2. The van der Waals surface area contributed by atoms with Crippen LogP contribution in [0.25, 0.3) is 0 Å². The van der Waals surface area contributed by atoms with Crippen LogP contribution in [0.5, 0.6) is 0 Å². The number of carbonyl (C=O) groups is 1. The lowest BCUT2D eigenvalue weighted by Crippen LogP contribution is -2.33. The standard InChI is InChI=1S/C26H27BrFNO2/c1-3-31-26(30)17-25(22-14-15-24(28)23(27)16-22)29(18-20-10-6-4-7-11-20)19(2)21-12-8-5-9-13-21/h4-16,19,25H,3,17-18H2,1-2H3/t19-,25+/m1/s1. The molecule has 0 heterocycles. The average molecular weight is 484 g/mol. The summed E-state index contributed by atoms with van der Waals surface area (Å²) in [5.41, 5.74) is 3.15. The molecule has 0 aliphatic rings. The maximum atomic E-state index is 14.0. The molecule has 0 aliphatic carbocycles. The van der Waals surface area contributed by atoms with Crippen molar-refractivity contribution in [2.45, 2.75) is 38.9 Å². The van der Waals surface area contributed by atoms with Gasteiger partial charge in [0.1, 0.15) is 5.82 Å². The minimum atomic E-state index is -0.329. The number of ether oxygens (including phenoxy) is 1. The van der Waals surface area contributed by atoms with Gasteiger partial charge in [-0.1, -0.05) is 66.7 Å². The molecule has 5 heteroatoms. The molecule has 31 heavy (non-hydrogen) atoms. The first-order valence-corrected chi connectivity index (χ1v) is 11.2. The Hall–Kier alpha value is -2.50. The topological polar surface area (TPSA) is 29.5 Å². The Bertz CT molecular complexity index is 981. The Morgan fingerprint density at radius 3 is 2.26 bits per heavy atom. The van der Waals surface area contributed by atoms with E-state index in [1.807, 2.05) is 36.4 Å². The first kappa shape index (κ1) is 23.2. The molecule has 0 unspecified atom stereocenters. The Morgan fingerprint density at radius 1 is 1.00 bits per heavy atom. The molecule has 162 valence electrons. The van der Waals surface area contributed by atoms with Gasteiger partial charge in [-0.2, -0.15) is 0 Å². The summed E-state index contributed by atoms with van der Waals surface area (Å²) in [5, 5.41) is 0. The molecular weight excluding hydrogens is 457 g/mol. The SMILES string of the molecule is CCOC(=O)C[C@@H](c1ccc(F)c(Br)c1)N(Cc1ccccc1)[C@H](C)c1ccccc1. The van der Waals surface area contributed by atoms with Crippen LogP contribution in [-0.2, 0) is 16.1 Å². The average Bonchev–Trinajstić information content (AvgIpc) is 2.79. The molecule has 0 N–H and O–H groups in total. The minimum Gasteiger partial charge on any atom is -0.466 e. The van der Waals surface area contributed by atoms with Crippen LogP contribution in [0.3, 0.4) is 0 Å². The van der Waals surface area contributed by atoms with Crippen molar-refractivity contribution in [2.24, 2.45) is 0 Å². The van der Waals surface area contributed by atoms with E-state index >= 15 is 0 Å². The van der Waals surface area contributed by atoms with Crippen molar-refractivity contribution < 1.29 is 13.9 Å². The largest absolute Gasteiger partial charge is 0.466 e. The van der Waals surface area contributed by atoms with E-state index in [0.717, 1.165) is 16.7 Å². The van der Waals surface area contributed by atoms with Gasteiger partial charge in [-0.25, -0.2) is 4.39 Å². The van der Waals surface area contributed by atoms with Crippen molar-refractivity contribution in [3.63, 3.8) is 0 Å². The van der Waals surface area contributed by atoms with Crippen molar-refractivity contribution in [3.8, 4) is 0 Å². The number of benzene rings is 3. The fourth-order valence-corrected chi connectivity index (χ4v) is 4.15. The van der Waals surface area contributed by atoms with Crippen molar-refractivity contribution >= 4 is 21.9 Å². The highest BCUT2D eigenvalue weighted by atomic mass is 79.9. The fourth-order valence-electron chi connectivity index (χ4n) is 3.76. The van der Waals surface area contributed by atoms with E-state index in [1.165, 1.54) is 6.07 Å². The number of rotatable bonds is 9. The minimum absolute atomic E-state index is 0.0182. The summed E-state index contributed by atoms with van der Waals surface area (Å²) in [6.07, 6.45) is 0.177. The van der Waals surface area contributed by atoms with Gasteiger partial charge < -0.3 is 4.74 Å². The lowest BCUT2D eigenvalue weighted by Gasteiger charge is -2.37. The van der Waals surface area contributed by atoms with Gasteiger partial charge in [0.25, 0.3) is 0 Å².